The number of likely N-dealkylation sites (tertiary alicyclic amines) is 1. The first kappa shape index (κ1) is 11.2. The van der Waals surface area contributed by atoms with Gasteiger partial charge in [0, 0.05) is 13.0 Å². The van der Waals surface area contributed by atoms with Crippen molar-refractivity contribution in [2.75, 3.05) is 13.1 Å². The van der Waals surface area contributed by atoms with E-state index in [4.69, 9.17) is 4.52 Å². The summed E-state index contributed by atoms with van der Waals surface area (Å²) in [5.74, 6) is 3.34. The summed E-state index contributed by atoms with van der Waals surface area (Å²) < 4.78 is 5.33. The first-order valence-corrected chi connectivity index (χ1v) is 6.83. The summed E-state index contributed by atoms with van der Waals surface area (Å²) in [7, 11) is 0. The van der Waals surface area contributed by atoms with E-state index in [1.54, 1.807) is 0 Å². The molecule has 1 saturated carbocycles. The molecule has 2 heterocycles. The largest absolute Gasteiger partial charge is 0.338 e. The van der Waals surface area contributed by atoms with Crippen molar-refractivity contribution in [1.29, 1.82) is 0 Å². The van der Waals surface area contributed by atoms with Gasteiger partial charge in [0.15, 0.2) is 5.82 Å². The third kappa shape index (κ3) is 3.06. The number of rotatable bonds is 4. The van der Waals surface area contributed by atoms with E-state index in [2.05, 4.69) is 22.0 Å². The fourth-order valence-electron chi connectivity index (χ4n) is 2.64. The van der Waals surface area contributed by atoms with Gasteiger partial charge in [-0.2, -0.15) is 4.98 Å². The van der Waals surface area contributed by atoms with Crippen LogP contribution in [0.15, 0.2) is 4.52 Å². The maximum atomic E-state index is 5.33. The number of hydrogen-bond donors (Lipinski definition) is 0. The van der Waals surface area contributed by atoms with Crippen molar-refractivity contribution in [2.24, 2.45) is 11.8 Å². The van der Waals surface area contributed by atoms with Crippen molar-refractivity contribution < 1.29 is 4.52 Å². The normalized spacial score (nSPS) is 26.3. The highest BCUT2D eigenvalue weighted by Crippen LogP contribution is 2.31. The van der Waals surface area contributed by atoms with Crippen LogP contribution in [-0.4, -0.2) is 28.1 Å². The summed E-state index contributed by atoms with van der Waals surface area (Å²) in [4.78, 5) is 6.92. The molecule has 1 saturated heterocycles. The lowest BCUT2D eigenvalue weighted by Gasteiger charge is -2.29. The van der Waals surface area contributed by atoms with E-state index in [1.165, 1.54) is 38.8 Å². The number of nitrogens with zero attached hydrogens (tertiary/aromatic N) is 3. The van der Waals surface area contributed by atoms with Crippen LogP contribution < -0.4 is 0 Å². The van der Waals surface area contributed by atoms with Crippen LogP contribution in [-0.2, 0) is 13.0 Å². The van der Waals surface area contributed by atoms with E-state index in [-0.39, 0.29) is 0 Å². The molecule has 1 atom stereocenters. The Balaban J connectivity index is 1.54. The Hall–Kier alpha value is -0.900. The van der Waals surface area contributed by atoms with Crippen molar-refractivity contribution in [3.8, 4) is 0 Å². The van der Waals surface area contributed by atoms with E-state index >= 15 is 0 Å². The standard InChI is InChI=1S/C13H21N3O/c1-10-3-2-6-16(8-10)9-13-14-12(15-17-13)7-11-4-5-11/h10-11H,2-9H2,1H3. The van der Waals surface area contributed by atoms with Gasteiger partial charge in [0.25, 0.3) is 0 Å². The van der Waals surface area contributed by atoms with Crippen LogP contribution in [0.4, 0.5) is 0 Å². The third-order valence-corrected chi connectivity index (χ3v) is 3.78. The predicted molar refractivity (Wildman–Crippen MR) is 64.4 cm³/mol. The Bertz CT molecular complexity index is 372. The minimum Gasteiger partial charge on any atom is -0.338 e. The van der Waals surface area contributed by atoms with Crippen molar-refractivity contribution in [3.63, 3.8) is 0 Å². The summed E-state index contributed by atoms with van der Waals surface area (Å²) in [5, 5.41) is 4.07. The smallest absolute Gasteiger partial charge is 0.240 e. The second-order valence-corrected chi connectivity index (χ2v) is 5.73. The van der Waals surface area contributed by atoms with Crippen LogP contribution in [0.1, 0.15) is 44.3 Å². The summed E-state index contributed by atoms with van der Waals surface area (Å²) in [6.45, 7) is 5.49. The van der Waals surface area contributed by atoms with E-state index in [1.807, 2.05) is 0 Å². The van der Waals surface area contributed by atoms with Gasteiger partial charge < -0.3 is 4.52 Å². The minimum absolute atomic E-state index is 0.801. The zero-order valence-corrected chi connectivity index (χ0v) is 10.6. The second kappa shape index (κ2) is 4.77. The van der Waals surface area contributed by atoms with Crippen LogP contribution in [0.25, 0.3) is 0 Å². The fourth-order valence-corrected chi connectivity index (χ4v) is 2.64. The molecule has 0 amide bonds. The molecule has 0 N–H and O–H groups in total. The second-order valence-electron chi connectivity index (χ2n) is 5.73. The molecule has 1 aliphatic heterocycles. The van der Waals surface area contributed by atoms with Gasteiger partial charge in [0.1, 0.15) is 0 Å². The zero-order valence-electron chi connectivity index (χ0n) is 10.6. The topological polar surface area (TPSA) is 42.2 Å². The molecule has 2 aliphatic rings. The van der Waals surface area contributed by atoms with E-state index in [0.717, 1.165) is 36.5 Å². The molecule has 4 nitrogen and oxygen atoms in total. The van der Waals surface area contributed by atoms with Gasteiger partial charge >= 0.3 is 0 Å². The highest BCUT2D eigenvalue weighted by atomic mass is 16.5. The molecule has 3 rings (SSSR count). The molecule has 4 heteroatoms. The quantitative estimate of drug-likeness (QED) is 0.802. The van der Waals surface area contributed by atoms with Crippen molar-refractivity contribution in [2.45, 2.75) is 45.6 Å². The average Bonchev–Trinajstić information content (AvgIpc) is 2.99. The molecule has 1 aliphatic carbocycles. The maximum Gasteiger partial charge on any atom is 0.240 e. The molecule has 0 aromatic carbocycles. The minimum atomic E-state index is 0.801. The van der Waals surface area contributed by atoms with Gasteiger partial charge in [-0.05, 0) is 44.1 Å². The van der Waals surface area contributed by atoms with Gasteiger partial charge in [0.2, 0.25) is 5.89 Å². The SMILES string of the molecule is CC1CCCN(Cc2nc(CC3CC3)no2)C1. The average molecular weight is 235 g/mol. The Labute approximate surface area is 102 Å². The van der Waals surface area contributed by atoms with Crippen LogP contribution in [0, 0.1) is 11.8 Å². The first-order chi connectivity index (χ1) is 8.29. The molecular weight excluding hydrogens is 214 g/mol. The zero-order chi connectivity index (χ0) is 11.7. The summed E-state index contributed by atoms with van der Waals surface area (Å²) in [6, 6.07) is 0. The highest BCUT2D eigenvalue weighted by Gasteiger charge is 2.24. The van der Waals surface area contributed by atoms with Gasteiger partial charge in [-0.1, -0.05) is 12.1 Å². The Morgan fingerprint density at radius 2 is 2.24 bits per heavy atom. The summed E-state index contributed by atoms with van der Waals surface area (Å²) in [6.07, 6.45) is 6.35. The van der Waals surface area contributed by atoms with Crippen molar-refractivity contribution in [3.05, 3.63) is 11.7 Å². The molecule has 0 spiro atoms. The molecule has 0 radical (unpaired) electrons. The van der Waals surface area contributed by atoms with Gasteiger partial charge in [0.05, 0.1) is 6.54 Å². The molecular formula is C13H21N3O. The van der Waals surface area contributed by atoms with E-state index in [9.17, 15) is 0 Å². The van der Waals surface area contributed by atoms with Crippen LogP contribution >= 0.6 is 0 Å². The number of hydrogen-bond acceptors (Lipinski definition) is 4. The molecule has 17 heavy (non-hydrogen) atoms. The molecule has 1 aromatic rings. The van der Waals surface area contributed by atoms with Crippen LogP contribution in [0.2, 0.25) is 0 Å². The lowest BCUT2D eigenvalue weighted by atomic mass is 10.0. The lowest BCUT2D eigenvalue weighted by molar-refractivity contribution is 0.157. The van der Waals surface area contributed by atoms with Crippen LogP contribution in [0.5, 0.6) is 0 Å². The Kier molecular flexibility index (Phi) is 3.14. The van der Waals surface area contributed by atoms with Crippen LogP contribution in [0.3, 0.4) is 0 Å². The fraction of sp³-hybridized carbons (Fsp3) is 0.846. The highest BCUT2D eigenvalue weighted by molar-refractivity contribution is 4.92. The van der Waals surface area contributed by atoms with Gasteiger partial charge in [-0.3, -0.25) is 4.90 Å². The van der Waals surface area contributed by atoms with E-state index in [0.29, 0.717) is 0 Å². The summed E-state index contributed by atoms with van der Waals surface area (Å²) in [5.41, 5.74) is 0. The Morgan fingerprint density at radius 3 is 3.00 bits per heavy atom. The van der Waals surface area contributed by atoms with Crippen molar-refractivity contribution >= 4 is 0 Å². The maximum absolute atomic E-state index is 5.33. The lowest BCUT2D eigenvalue weighted by Crippen LogP contribution is -2.33. The molecule has 2 fully saturated rings. The predicted octanol–water partition coefficient (Wildman–Crippen LogP) is 2.25. The number of aromatic nitrogens is 2. The van der Waals surface area contributed by atoms with Crippen molar-refractivity contribution in [1.82, 2.24) is 15.0 Å². The first-order valence-electron chi connectivity index (χ1n) is 6.83. The molecule has 94 valence electrons. The number of piperidine rings is 1. The molecule has 1 unspecified atom stereocenters. The summed E-state index contributed by atoms with van der Waals surface area (Å²) >= 11 is 0. The third-order valence-electron chi connectivity index (χ3n) is 3.78. The van der Waals surface area contributed by atoms with E-state index < -0.39 is 0 Å². The molecule has 1 aromatic heterocycles. The Morgan fingerprint density at radius 1 is 1.35 bits per heavy atom. The van der Waals surface area contributed by atoms with Gasteiger partial charge in [-0.15, -0.1) is 0 Å². The monoisotopic (exact) mass is 235 g/mol. The van der Waals surface area contributed by atoms with Gasteiger partial charge in [-0.25, -0.2) is 0 Å². The molecule has 0 bridgehead atoms.